The lowest BCUT2D eigenvalue weighted by Gasteiger charge is -2.25. The van der Waals surface area contributed by atoms with Crippen LogP contribution in [0.3, 0.4) is 0 Å². The third-order valence-corrected chi connectivity index (χ3v) is 4.90. The van der Waals surface area contributed by atoms with Gasteiger partial charge in [-0.15, -0.1) is 11.3 Å². The molecule has 0 saturated heterocycles. The molecule has 0 saturated carbocycles. The van der Waals surface area contributed by atoms with Crippen LogP contribution in [0.2, 0.25) is 0 Å². The van der Waals surface area contributed by atoms with Crippen LogP contribution in [-0.2, 0) is 11.2 Å². The molecule has 0 bridgehead atoms. The standard InChI is InChI=1S/C18H21FN2O3S/c1-11(2)21(9-8-16(22)23)18(24)17-12(3)20-15(25-17)10-13-4-6-14(19)7-5-13/h4-7,11H,8-10H2,1-3H3,(H,22,23). The third-order valence-electron chi connectivity index (χ3n) is 3.75. The van der Waals surface area contributed by atoms with Gasteiger partial charge in [-0.2, -0.15) is 0 Å². The summed E-state index contributed by atoms with van der Waals surface area (Å²) in [7, 11) is 0. The Morgan fingerprint density at radius 2 is 1.92 bits per heavy atom. The zero-order valence-electron chi connectivity index (χ0n) is 14.5. The van der Waals surface area contributed by atoms with E-state index in [9.17, 15) is 14.0 Å². The average Bonchev–Trinajstić information content (AvgIpc) is 2.89. The number of rotatable bonds is 7. The SMILES string of the molecule is Cc1nc(Cc2ccc(F)cc2)sc1C(=O)N(CCC(=O)O)C(C)C. The average molecular weight is 364 g/mol. The second kappa shape index (κ2) is 8.20. The van der Waals surface area contributed by atoms with Crippen molar-refractivity contribution in [3.05, 3.63) is 51.2 Å². The summed E-state index contributed by atoms with van der Waals surface area (Å²) < 4.78 is 13.0. The number of nitrogens with zero attached hydrogens (tertiary/aromatic N) is 2. The number of amides is 1. The molecule has 0 unspecified atom stereocenters. The molecule has 5 nitrogen and oxygen atoms in total. The van der Waals surface area contributed by atoms with Gasteiger partial charge < -0.3 is 10.0 Å². The molecule has 0 aliphatic rings. The van der Waals surface area contributed by atoms with Gasteiger partial charge in [-0.1, -0.05) is 12.1 Å². The molecule has 2 aromatic rings. The maximum absolute atomic E-state index is 13.0. The molecule has 0 radical (unpaired) electrons. The summed E-state index contributed by atoms with van der Waals surface area (Å²) in [6, 6.07) is 6.08. The van der Waals surface area contributed by atoms with Crippen LogP contribution in [0.1, 0.15) is 46.2 Å². The van der Waals surface area contributed by atoms with Crippen molar-refractivity contribution < 1.29 is 19.1 Å². The smallest absolute Gasteiger partial charge is 0.305 e. The van der Waals surface area contributed by atoms with Crippen LogP contribution in [0.5, 0.6) is 0 Å². The van der Waals surface area contributed by atoms with Crippen molar-refractivity contribution >= 4 is 23.2 Å². The number of benzene rings is 1. The van der Waals surface area contributed by atoms with Crippen molar-refractivity contribution in [1.29, 1.82) is 0 Å². The number of hydrogen-bond donors (Lipinski definition) is 1. The Morgan fingerprint density at radius 3 is 2.48 bits per heavy atom. The lowest BCUT2D eigenvalue weighted by atomic mass is 10.1. The molecule has 1 amide bonds. The van der Waals surface area contributed by atoms with Crippen LogP contribution in [0.25, 0.3) is 0 Å². The molecule has 0 fully saturated rings. The number of carboxylic acids is 1. The van der Waals surface area contributed by atoms with Crippen LogP contribution in [-0.4, -0.2) is 39.5 Å². The summed E-state index contributed by atoms with van der Waals surface area (Å²) in [5.74, 6) is -1.42. The molecular formula is C18H21FN2O3S. The number of carbonyl (C=O) groups excluding carboxylic acids is 1. The van der Waals surface area contributed by atoms with Crippen molar-refractivity contribution in [2.75, 3.05) is 6.54 Å². The Hall–Kier alpha value is -2.28. The first-order valence-electron chi connectivity index (χ1n) is 8.01. The van der Waals surface area contributed by atoms with Crippen LogP contribution in [0, 0.1) is 12.7 Å². The largest absolute Gasteiger partial charge is 0.481 e. The van der Waals surface area contributed by atoms with Crippen LogP contribution < -0.4 is 0 Å². The maximum atomic E-state index is 13.0. The predicted molar refractivity (Wildman–Crippen MR) is 94.5 cm³/mol. The molecule has 134 valence electrons. The summed E-state index contributed by atoms with van der Waals surface area (Å²) in [6.07, 6.45) is 0.431. The lowest BCUT2D eigenvalue weighted by Crippen LogP contribution is -2.38. The molecule has 1 heterocycles. The van der Waals surface area contributed by atoms with E-state index in [0.29, 0.717) is 17.0 Å². The van der Waals surface area contributed by atoms with E-state index in [-0.39, 0.29) is 30.7 Å². The lowest BCUT2D eigenvalue weighted by molar-refractivity contribution is -0.137. The number of thiazole rings is 1. The van der Waals surface area contributed by atoms with E-state index in [0.717, 1.165) is 10.6 Å². The first kappa shape index (κ1) is 19.1. The fourth-order valence-corrected chi connectivity index (χ4v) is 3.50. The van der Waals surface area contributed by atoms with Gasteiger partial charge >= 0.3 is 5.97 Å². The monoisotopic (exact) mass is 364 g/mol. The highest BCUT2D eigenvalue weighted by Gasteiger charge is 2.24. The molecule has 1 aromatic carbocycles. The van der Waals surface area contributed by atoms with Crippen molar-refractivity contribution in [3.8, 4) is 0 Å². The number of carboxylic acid groups (broad SMARTS) is 1. The zero-order valence-corrected chi connectivity index (χ0v) is 15.3. The minimum atomic E-state index is -0.934. The Labute approximate surface area is 150 Å². The molecule has 0 atom stereocenters. The normalized spacial score (nSPS) is 10.9. The van der Waals surface area contributed by atoms with Gasteiger partial charge in [0, 0.05) is 19.0 Å². The minimum absolute atomic E-state index is 0.0930. The molecule has 0 aliphatic carbocycles. The Morgan fingerprint density at radius 1 is 1.28 bits per heavy atom. The van der Waals surface area contributed by atoms with Gasteiger partial charge in [-0.05, 0) is 38.5 Å². The number of halogens is 1. The molecule has 1 N–H and O–H groups in total. The highest BCUT2D eigenvalue weighted by Crippen LogP contribution is 2.23. The van der Waals surface area contributed by atoms with E-state index in [2.05, 4.69) is 4.98 Å². The maximum Gasteiger partial charge on any atom is 0.305 e. The van der Waals surface area contributed by atoms with Gasteiger partial charge in [0.05, 0.1) is 17.1 Å². The summed E-state index contributed by atoms with van der Waals surface area (Å²) in [5, 5.41) is 9.64. The molecule has 1 aromatic heterocycles. The topological polar surface area (TPSA) is 70.5 Å². The number of hydrogen-bond acceptors (Lipinski definition) is 4. The minimum Gasteiger partial charge on any atom is -0.481 e. The highest BCUT2D eigenvalue weighted by molar-refractivity contribution is 7.13. The Bertz CT molecular complexity index is 756. The second-order valence-electron chi connectivity index (χ2n) is 6.06. The van der Waals surface area contributed by atoms with Crippen LogP contribution in [0.15, 0.2) is 24.3 Å². The number of carbonyl (C=O) groups is 2. The summed E-state index contributed by atoms with van der Waals surface area (Å²) in [5.41, 5.74) is 1.55. The second-order valence-corrected chi connectivity index (χ2v) is 7.15. The van der Waals surface area contributed by atoms with Gasteiger partial charge in [-0.25, -0.2) is 9.37 Å². The van der Waals surface area contributed by atoms with Crippen LogP contribution in [0.4, 0.5) is 4.39 Å². The van der Waals surface area contributed by atoms with E-state index in [1.165, 1.54) is 23.5 Å². The fourth-order valence-electron chi connectivity index (χ4n) is 2.44. The van der Waals surface area contributed by atoms with E-state index in [1.54, 1.807) is 24.0 Å². The number of aliphatic carboxylic acids is 1. The first-order chi connectivity index (χ1) is 11.8. The van der Waals surface area contributed by atoms with E-state index < -0.39 is 5.97 Å². The van der Waals surface area contributed by atoms with Gasteiger partial charge in [0.1, 0.15) is 10.7 Å². The van der Waals surface area contributed by atoms with Gasteiger partial charge in [0.25, 0.3) is 5.91 Å². The summed E-state index contributed by atoms with van der Waals surface area (Å²) in [6.45, 7) is 5.65. The predicted octanol–water partition coefficient (Wildman–Crippen LogP) is 3.51. The van der Waals surface area contributed by atoms with Crippen molar-refractivity contribution in [2.24, 2.45) is 0 Å². The Kier molecular flexibility index (Phi) is 6.25. The molecule has 0 aliphatic heterocycles. The molecule has 25 heavy (non-hydrogen) atoms. The molecule has 0 spiro atoms. The van der Waals surface area contributed by atoms with Gasteiger partial charge in [0.15, 0.2) is 0 Å². The zero-order chi connectivity index (χ0) is 18.6. The summed E-state index contributed by atoms with van der Waals surface area (Å²) >= 11 is 1.30. The quantitative estimate of drug-likeness (QED) is 0.816. The van der Waals surface area contributed by atoms with E-state index >= 15 is 0 Å². The third kappa shape index (κ3) is 5.09. The molecule has 2 rings (SSSR count). The van der Waals surface area contributed by atoms with E-state index in [4.69, 9.17) is 5.11 Å². The highest BCUT2D eigenvalue weighted by atomic mass is 32.1. The van der Waals surface area contributed by atoms with Crippen molar-refractivity contribution in [2.45, 2.75) is 39.7 Å². The molecule has 7 heteroatoms. The molecular weight excluding hydrogens is 343 g/mol. The first-order valence-corrected chi connectivity index (χ1v) is 8.83. The van der Waals surface area contributed by atoms with E-state index in [1.807, 2.05) is 13.8 Å². The Balaban J connectivity index is 2.17. The number of aromatic nitrogens is 1. The summed E-state index contributed by atoms with van der Waals surface area (Å²) in [4.78, 5) is 30.1. The van der Waals surface area contributed by atoms with Crippen LogP contribution >= 0.6 is 11.3 Å². The van der Waals surface area contributed by atoms with Gasteiger partial charge in [0.2, 0.25) is 0 Å². The number of aryl methyl sites for hydroxylation is 1. The van der Waals surface area contributed by atoms with Gasteiger partial charge in [-0.3, -0.25) is 9.59 Å². The fraction of sp³-hybridized carbons (Fsp3) is 0.389. The van der Waals surface area contributed by atoms with Crippen molar-refractivity contribution in [1.82, 2.24) is 9.88 Å². The van der Waals surface area contributed by atoms with Crippen molar-refractivity contribution in [3.63, 3.8) is 0 Å².